The largest absolute Gasteiger partial charge is 0.497 e. The molecule has 0 atom stereocenters. The minimum atomic E-state index is -1.64. The minimum Gasteiger partial charge on any atom is -0.497 e. The van der Waals surface area contributed by atoms with E-state index in [1.54, 1.807) is 0 Å². The van der Waals surface area contributed by atoms with Crippen molar-refractivity contribution in [1.82, 2.24) is 0 Å². The molecule has 0 aromatic heterocycles. The first-order valence-corrected chi connectivity index (χ1v) is 8.53. The van der Waals surface area contributed by atoms with E-state index < -0.39 is 42.4 Å². The maximum Gasteiger partial charge on any atom is 0.308 e. The molecule has 0 spiro atoms. The predicted molar refractivity (Wildman–Crippen MR) is 96.8 cm³/mol. The van der Waals surface area contributed by atoms with Crippen molar-refractivity contribution in [1.29, 1.82) is 0 Å². The Labute approximate surface area is 172 Å². The predicted octanol–water partition coefficient (Wildman–Crippen LogP) is 1.87. The number of methoxy groups -OCH3 is 1. The van der Waals surface area contributed by atoms with Crippen LogP contribution < -0.4 is 9.47 Å². The Morgan fingerprint density at radius 1 is 0.633 bits per heavy atom. The quantitative estimate of drug-likeness (QED) is 0.342. The van der Waals surface area contributed by atoms with Gasteiger partial charge >= 0.3 is 29.8 Å². The third-order valence-corrected chi connectivity index (χ3v) is 3.20. The van der Waals surface area contributed by atoms with Gasteiger partial charge < -0.3 is 28.4 Å². The third kappa shape index (κ3) is 7.41. The zero-order valence-electron chi connectivity index (χ0n) is 17.3. The zero-order chi connectivity index (χ0) is 23.0. The highest BCUT2D eigenvalue weighted by molar-refractivity contribution is 5.73. The molecule has 0 heterocycles. The molecule has 1 rings (SSSR count). The maximum absolute atomic E-state index is 11.7. The lowest BCUT2D eigenvalue weighted by molar-refractivity contribution is -0.187. The van der Waals surface area contributed by atoms with Crippen molar-refractivity contribution in [3.63, 3.8) is 0 Å². The number of rotatable bonds is 8. The first-order chi connectivity index (χ1) is 13.9. The molecular weight excluding hydrogens is 404 g/mol. The first kappa shape index (κ1) is 24.4. The van der Waals surface area contributed by atoms with Crippen LogP contribution in [0.3, 0.4) is 0 Å². The van der Waals surface area contributed by atoms with E-state index in [2.05, 4.69) is 0 Å². The molecule has 1 aromatic carbocycles. The molecule has 0 aliphatic carbocycles. The molecule has 0 bridgehead atoms. The second kappa shape index (κ2) is 10.8. The highest BCUT2D eigenvalue weighted by Crippen LogP contribution is 2.40. The van der Waals surface area contributed by atoms with E-state index in [0.717, 1.165) is 34.6 Å². The Kier molecular flexibility index (Phi) is 8.78. The molecular formula is C19H22O11. The summed E-state index contributed by atoms with van der Waals surface area (Å²) in [6.07, 6.45) is -3.28. The van der Waals surface area contributed by atoms with E-state index in [4.69, 9.17) is 28.4 Å². The van der Waals surface area contributed by atoms with Crippen molar-refractivity contribution >= 4 is 29.8 Å². The first-order valence-electron chi connectivity index (χ1n) is 8.53. The molecule has 0 fully saturated rings. The van der Waals surface area contributed by atoms with E-state index in [9.17, 15) is 24.0 Å². The van der Waals surface area contributed by atoms with Gasteiger partial charge in [-0.3, -0.25) is 24.0 Å². The van der Waals surface area contributed by atoms with E-state index in [-0.39, 0.29) is 22.6 Å². The fraction of sp³-hybridized carbons (Fsp3) is 0.421. The van der Waals surface area contributed by atoms with Gasteiger partial charge in [0.25, 0.3) is 12.6 Å². The van der Waals surface area contributed by atoms with Gasteiger partial charge in [0.1, 0.15) is 5.75 Å². The van der Waals surface area contributed by atoms with Crippen LogP contribution in [0.5, 0.6) is 11.5 Å². The van der Waals surface area contributed by atoms with Gasteiger partial charge in [0.2, 0.25) is 0 Å². The summed E-state index contributed by atoms with van der Waals surface area (Å²) >= 11 is 0. The van der Waals surface area contributed by atoms with Crippen LogP contribution in [0.25, 0.3) is 0 Å². The van der Waals surface area contributed by atoms with Crippen molar-refractivity contribution in [3.05, 3.63) is 23.3 Å². The van der Waals surface area contributed by atoms with E-state index in [1.165, 1.54) is 19.2 Å². The summed E-state index contributed by atoms with van der Waals surface area (Å²) in [5.74, 6) is -4.26. The Morgan fingerprint density at radius 2 is 0.967 bits per heavy atom. The van der Waals surface area contributed by atoms with Gasteiger partial charge in [-0.15, -0.1) is 0 Å². The number of hydrogen-bond acceptors (Lipinski definition) is 11. The highest BCUT2D eigenvalue weighted by atomic mass is 16.7. The van der Waals surface area contributed by atoms with Gasteiger partial charge in [-0.25, -0.2) is 0 Å². The molecule has 0 unspecified atom stereocenters. The summed E-state index contributed by atoms with van der Waals surface area (Å²) in [7, 11) is 1.30. The van der Waals surface area contributed by atoms with Crippen LogP contribution in [-0.2, 0) is 42.9 Å². The van der Waals surface area contributed by atoms with E-state index in [0.29, 0.717) is 0 Å². The van der Waals surface area contributed by atoms with Crippen molar-refractivity contribution in [2.45, 2.75) is 47.2 Å². The minimum absolute atomic E-state index is 0.101. The van der Waals surface area contributed by atoms with Crippen LogP contribution >= 0.6 is 0 Å². The number of benzene rings is 1. The third-order valence-electron chi connectivity index (χ3n) is 3.20. The van der Waals surface area contributed by atoms with Gasteiger partial charge in [-0.05, 0) is 12.1 Å². The van der Waals surface area contributed by atoms with Gasteiger partial charge in [0, 0.05) is 34.6 Å². The molecule has 0 radical (unpaired) electrons. The number of carbonyl (C=O) groups excluding carboxylic acids is 5. The second-order valence-electron chi connectivity index (χ2n) is 5.83. The standard InChI is InChI=1S/C19H22O11/c1-9(20)26-17-15(18(27-10(2)21)28-11(3)22)7-14(25-6)8-16(17)19(29-12(4)23)30-13(5)24/h7-8,18-19H,1-6H3. The molecule has 0 aliphatic rings. The summed E-state index contributed by atoms with van der Waals surface area (Å²) in [4.78, 5) is 57.8. The summed E-state index contributed by atoms with van der Waals surface area (Å²) < 4.78 is 30.5. The Morgan fingerprint density at radius 3 is 1.20 bits per heavy atom. The van der Waals surface area contributed by atoms with Crippen LogP contribution in [0, 0.1) is 0 Å². The fourth-order valence-electron chi connectivity index (χ4n) is 2.28. The Bertz CT molecular complexity index is 754. The topological polar surface area (TPSA) is 141 Å². The number of carbonyl (C=O) groups is 5. The number of esters is 5. The monoisotopic (exact) mass is 426 g/mol. The lowest BCUT2D eigenvalue weighted by Crippen LogP contribution is -2.21. The van der Waals surface area contributed by atoms with E-state index >= 15 is 0 Å². The van der Waals surface area contributed by atoms with Crippen LogP contribution in [0.15, 0.2) is 12.1 Å². The molecule has 0 aliphatic heterocycles. The average Bonchev–Trinajstić information content (AvgIpc) is 2.58. The Hall–Kier alpha value is -3.63. The molecule has 164 valence electrons. The van der Waals surface area contributed by atoms with Gasteiger partial charge in [0.15, 0.2) is 5.75 Å². The van der Waals surface area contributed by atoms with Crippen LogP contribution in [0.4, 0.5) is 0 Å². The molecule has 0 saturated heterocycles. The smallest absolute Gasteiger partial charge is 0.308 e. The second-order valence-corrected chi connectivity index (χ2v) is 5.83. The lowest BCUT2D eigenvalue weighted by Gasteiger charge is -2.24. The SMILES string of the molecule is COc1cc(C(OC(C)=O)OC(C)=O)c(OC(C)=O)c(C(OC(C)=O)OC(C)=O)c1. The fourth-order valence-corrected chi connectivity index (χ4v) is 2.28. The van der Waals surface area contributed by atoms with Crippen LogP contribution in [0.2, 0.25) is 0 Å². The molecule has 11 heteroatoms. The van der Waals surface area contributed by atoms with Crippen LogP contribution in [0.1, 0.15) is 58.3 Å². The Balaban J connectivity index is 3.80. The van der Waals surface area contributed by atoms with Gasteiger partial charge in [0.05, 0.1) is 18.2 Å². The highest BCUT2D eigenvalue weighted by Gasteiger charge is 2.32. The zero-order valence-corrected chi connectivity index (χ0v) is 17.3. The normalized spacial score (nSPS) is 10.3. The van der Waals surface area contributed by atoms with Gasteiger partial charge in [-0.1, -0.05) is 0 Å². The van der Waals surface area contributed by atoms with Crippen molar-refractivity contribution in [2.75, 3.05) is 7.11 Å². The molecule has 0 saturated carbocycles. The molecule has 30 heavy (non-hydrogen) atoms. The lowest BCUT2D eigenvalue weighted by atomic mass is 10.1. The number of hydrogen-bond donors (Lipinski definition) is 0. The number of ether oxygens (including phenoxy) is 6. The maximum atomic E-state index is 11.7. The van der Waals surface area contributed by atoms with Crippen molar-refractivity contribution < 1.29 is 52.4 Å². The summed E-state index contributed by atoms with van der Waals surface area (Å²) in [5.41, 5.74) is -0.261. The summed E-state index contributed by atoms with van der Waals surface area (Å²) in [6, 6.07) is 2.55. The van der Waals surface area contributed by atoms with Crippen molar-refractivity contribution in [3.8, 4) is 11.5 Å². The summed E-state index contributed by atoms with van der Waals surface area (Å²) in [5, 5.41) is 0. The molecule has 0 amide bonds. The average molecular weight is 426 g/mol. The van der Waals surface area contributed by atoms with Gasteiger partial charge in [-0.2, -0.15) is 0 Å². The van der Waals surface area contributed by atoms with Crippen molar-refractivity contribution in [2.24, 2.45) is 0 Å². The summed E-state index contributed by atoms with van der Waals surface area (Å²) in [6.45, 7) is 5.37. The van der Waals surface area contributed by atoms with Crippen LogP contribution in [-0.4, -0.2) is 37.0 Å². The molecule has 0 N–H and O–H groups in total. The molecule has 1 aromatic rings. The molecule has 11 nitrogen and oxygen atoms in total. The van der Waals surface area contributed by atoms with E-state index in [1.807, 2.05) is 0 Å².